The number of aromatic nitrogens is 4. The Morgan fingerprint density at radius 2 is 1.77 bits per heavy atom. The summed E-state index contributed by atoms with van der Waals surface area (Å²) in [5.41, 5.74) is 3.75. The number of piperidine rings is 1. The third-order valence-electron chi connectivity index (χ3n) is 6.35. The standard InChI is InChI=1S/C22H26N6O2/c1-14(29)27-10-6-15(7-11-27)19-20(24-9-8-23-19)16-12-28(13-16)22(30)21-25-17-4-2-3-5-18(17)26-21/h2-5,8-9,14-16,29H,6-7,10-13H2,1H3,(H,25,26). The summed E-state index contributed by atoms with van der Waals surface area (Å²) in [6, 6.07) is 7.66. The van der Waals surface area contributed by atoms with Crippen LogP contribution in [0.5, 0.6) is 0 Å². The minimum absolute atomic E-state index is 0.0712. The summed E-state index contributed by atoms with van der Waals surface area (Å²) >= 11 is 0. The second-order valence-electron chi connectivity index (χ2n) is 8.28. The van der Waals surface area contributed by atoms with Crippen LogP contribution in [-0.2, 0) is 0 Å². The van der Waals surface area contributed by atoms with Gasteiger partial charge in [0, 0.05) is 50.4 Å². The van der Waals surface area contributed by atoms with E-state index in [1.165, 1.54) is 0 Å². The Morgan fingerprint density at radius 1 is 1.10 bits per heavy atom. The van der Waals surface area contributed by atoms with Gasteiger partial charge in [0.1, 0.15) is 6.23 Å². The number of nitrogens with zero attached hydrogens (tertiary/aromatic N) is 5. The molecule has 0 saturated carbocycles. The first-order valence-corrected chi connectivity index (χ1v) is 10.6. The summed E-state index contributed by atoms with van der Waals surface area (Å²) in [4.78, 5) is 33.6. The zero-order valence-electron chi connectivity index (χ0n) is 17.0. The van der Waals surface area contributed by atoms with Gasteiger partial charge in [-0.3, -0.25) is 19.7 Å². The molecule has 3 aromatic rings. The number of rotatable bonds is 4. The van der Waals surface area contributed by atoms with E-state index in [0.717, 1.165) is 48.4 Å². The van der Waals surface area contributed by atoms with Gasteiger partial charge in [-0.25, -0.2) is 4.98 Å². The van der Waals surface area contributed by atoms with E-state index in [-0.39, 0.29) is 11.8 Å². The number of benzene rings is 1. The molecule has 8 nitrogen and oxygen atoms in total. The second-order valence-corrected chi connectivity index (χ2v) is 8.28. The fourth-order valence-electron chi connectivity index (χ4n) is 4.56. The number of amides is 1. The lowest BCUT2D eigenvalue weighted by Gasteiger charge is -2.40. The Morgan fingerprint density at radius 3 is 2.43 bits per heavy atom. The molecule has 30 heavy (non-hydrogen) atoms. The van der Waals surface area contributed by atoms with E-state index >= 15 is 0 Å². The van der Waals surface area contributed by atoms with Gasteiger partial charge in [-0.1, -0.05) is 12.1 Å². The number of para-hydroxylation sites is 2. The Balaban J connectivity index is 1.27. The van der Waals surface area contributed by atoms with E-state index in [1.54, 1.807) is 12.4 Å². The zero-order valence-corrected chi connectivity index (χ0v) is 17.0. The van der Waals surface area contributed by atoms with E-state index in [0.29, 0.717) is 24.8 Å². The highest BCUT2D eigenvalue weighted by Crippen LogP contribution is 2.35. The molecule has 4 heterocycles. The molecule has 0 radical (unpaired) electrons. The van der Waals surface area contributed by atoms with Crippen molar-refractivity contribution in [2.24, 2.45) is 0 Å². The van der Waals surface area contributed by atoms with Crippen molar-refractivity contribution < 1.29 is 9.90 Å². The van der Waals surface area contributed by atoms with Crippen LogP contribution in [-0.4, -0.2) is 73.2 Å². The number of likely N-dealkylation sites (tertiary alicyclic amines) is 2. The molecule has 2 aliphatic rings. The van der Waals surface area contributed by atoms with Crippen LogP contribution < -0.4 is 0 Å². The summed E-state index contributed by atoms with van der Waals surface area (Å²) < 4.78 is 0. The molecule has 156 valence electrons. The first kappa shape index (κ1) is 19.1. The summed E-state index contributed by atoms with van der Waals surface area (Å²) in [6.07, 6.45) is 5.02. The van der Waals surface area contributed by atoms with Crippen molar-refractivity contribution in [1.29, 1.82) is 0 Å². The zero-order chi connectivity index (χ0) is 20.7. The van der Waals surface area contributed by atoms with Crippen molar-refractivity contribution in [1.82, 2.24) is 29.7 Å². The molecule has 2 aromatic heterocycles. The average molecular weight is 406 g/mol. The van der Waals surface area contributed by atoms with Crippen molar-refractivity contribution in [3.63, 3.8) is 0 Å². The summed E-state index contributed by atoms with van der Waals surface area (Å²) in [5, 5.41) is 9.80. The molecule has 1 amide bonds. The van der Waals surface area contributed by atoms with Crippen LogP contribution in [0.4, 0.5) is 0 Å². The molecule has 2 N–H and O–H groups in total. The first-order chi connectivity index (χ1) is 14.6. The Bertz CT molecular complexity index is 1020. The highest BCUT2D eigenvalue weighted by molar-refractivity contribution is 5.94. The lowest BCUT2D eigenvalue weighted by Crippen LogP contribution is -2.49. The molecule has 0 spiro atoms. The van der Waals surface area contributed by atoms with Crippen LogP contribution in [0.2, 0.25) is 0 Å². The van der Waals surface area contributed by atoms with E-state index in [1.807, 2.05) is 36.1 Å². The summed E-state index contributed by atoms with van der Waals surface area (Å²) in [7, 11) is 0. The van der Waals surface area contributed by atoms with Crippen molar-refractivity contribution >= 4 is 16.9 Å². The topological polar surface area (TPSA) is 98.2 Å². The quantitative estimate of drug-likeness (QED) is 0.689. The Kier molecular flexibility index (Phi) is 4.96. The lowest BCUT2D eigenvalue weighted by molar-refractivity contribution is 0.00265. The van der Waals surface area contributed by atoms with Crippen LogP contribution in [0.1, 0.15) is 53.6 Å². The third kappa shape index (κ3) is 3.46. The monoisotopic (exact) mass is 406 g/mol. The molecule has 2 aliphatic heterocycles. The number of imidazole rings is 1. The van der Waals surface area contributed by atoms with E-state index < -0.39 is 6.23 Å². The molecule has 0 aliphatic carbocycles. The number of aliphatic hydroxyl groups is 1. The van der Waals surface area contributed by atoms with Gasteiger partial charge in [0.2, 0.25) is 0 Å². The average Bonchev–Trinajstić information content (AvgIpc) is 3.17. The van der Waals surface area contributed by atoms with Gasteiger partial charge in [-0.05, 0) is 31.9 Å². The summed E-state index contributed by atoms with van der Waals surface area (Å²) in [6.45, 7) is 4.80. The fourth-order valence-corrected chi connectivity index (χ4v) is 4.56. The van der Waals surface area contributed by atoms with E-state index in [2.05, 4.69) is 24.8 Å². The van der Waals surface area contributed by atoms with Crippen molar-refractivity contribution in [2.45, 2.75) is 37.8 Å². The fraction of sp³-hybridized carbons (Fsp3) is 0.455. The van der Waals surface area contributed by atoms with Gasteiger partial charge in [0.05, 0.1) is 22.4 Å². The van der Waals surface area contributed by atoms with Gasteiger partial charge in [0.25, 0.3) is 5.91 Å². The molecular weight excluding hydrogens is 380 g/mol. The lowest BCUT2D eigenvalue weighted by atomic mass is 9.86. The number of aromatic amines is 1. The highest BCUT2D eigenvalue weighted by Gasteiger charge is 2.37. The molecule has 1 atom stereocenters. The first-order valence-electron chi connectivity index (χ1n) is 10.6. The minimum Gasteiger partial charge on any atom is -0.379 e. The molecule has 1 aromatic carbocycles. The van der Waals surface area contributed by atoms with Crippen LogP contribution in [0.25, 0.3) is 11.0 Å². The van der Waals surface area contributed by atoms with E-state index in [4.69, 9.17) is 0 Å². The number of carbonyl (C=O) groups excluding carboxylic acids is 1. The van der Waals surface area contributed by atoms with Gasteiger partial charge >= 0.3 is 0 Å². The molecule has 2 fully saturated rings. The number of H-pyrrole nitrogens is 1. The van der Waals surface area contributed by atoms with Crippen LogP contribution in [0.3, 0.4) is 0 Å². The van der Waals surface area contributed by atoms with Crippen molar-refractivity contribution in [2.75, 3.05) is 26.2 Å². The maximum absolute atomic E-state index is 12.8. The maximum Gasteiger partial charge on any atom is 0.289 e. The number of nitrogens with one attached hydrogen (secondary N) is 1. The Hall–Kier alpha value is -2.84. The number of aliphatic hydroxyl groups excluding tert-OH is 1. The minimum atomic E-state index is -0.406. The Labute approximate surface area is 175 Å². The normalized spacial score (nSPS) is 19.7. The maximum atomic E-state index is 12.8. The van der Waals surface area contributed by atoms with Crippen molar-refractivity contribution in [3.05, 3.63) is 53.9 Å². The van der Waals surface area contributed by atoms with Crippen LogP contribution >= 0.6 is 0 Å². The molecule has 5 rings (SSSR count). The number of hydrogen-bond donors (Lipinski definition) is 2. The molecule has 1 unspecified atom stereocenters. The SMILES string of the molecule is CC(O)N1CCC(c2nccnc2C2CN(C(=O)c3nc4ccccc4[nH]3)C2)CC1. The number of carbonyl (C=O) groups is 1. The summed E-state index contributed by atoms with van der Waals surface area (Å²) in [5.74, 6) is 0.873. The predicted octanol–water partition coefficient (Wildman–Crippen LogP) is 2.11. The predicted molar refractivity (Wildman–Crippen MR) is 112 cm³/mol. The molecule has 0 bridgehead atoms. The van der Waals surface area contributed by atoms with Gasteiger partial charge in [-0.15, -0.1) is 0 Å². The molecule has 2 saturated heterocycles. The van der Waals surface area contributed by atoms with Crippen LogP contribution in [0, 0.1) is 0 Å². The van der Waals surface area contributed by atoms with Gasteiger partial charge in [0.15, 0.2) is 5.82 Å². The third-order valence-corrected chi connectivity index (χ3v) is 6.35. The van der Waals surface area contributed by atoms with E-state index in [9.17, 15) is 9.90 Å². The van der Waals surface area contributed by atoms with Crippen molar-refractivity contribution in [3.8, 4) is 0 Å². The van der Waals surface area contributed by atoms with Gasteiger partial charge in [-0.2, -0.15) is 0 Å². The van der Waals surface area contributed by atoms with Crippen LogP contribution in [0.15, 0.2) is 36.7 Å². The number of hydrogen-bond acceptors (Lipinski definition) is 6. The second kappa shape index (κ2) is 7.77. The molecule has 8 heteroatoms. The highest BCUT2D eigenvalue weighted by atomic mass is 16.3. The smallest absolute Gasteiger partial charge is 0.289 e. The number of fused-ring (bicyclic) bond motifs is 1. The van der Waals surface area contributed by atoms with Gasteiger partial charge < -0.3 is 15.0 Å². The largest absolute Gasteiger partial charge is 0.379 e. The molecular formula is C22H26N6O2.